The van der Waals surface area contributed by atoms with Crippen molar-refractivity contribution >= 4 is 7.60 Å². The molecule has 5 heteroatoms. The molecule has 1 heterocycles. The van der Waals surface area contributed by atoms with Crippen LogP contribution in [0.2, 0.25) is 0 Å². The Labute approximate surface area is 175 Å². The lowest BCUT2D eigenvalue weighted by molar-refractivity contribution is -0.893. The number of hydrogen-bond donors (Lipinski definition) is 0. The monoisotopic (exact) mass is 418 g/mol. The first-order chi connectivity index (χ1) is 13.3. The molecule has 0 aromatic heterocycles. The molecule has 0 amide bonds. The smallest absolute Gasteiger partial charge is 0.324 e. The molecular weight excluding hydrogens is 369 g/mol. The maximum atomic E-state index is 12.3. The van der Waals surface area contributed by atoms with Crippen LogP contribution in [-0.2, 0) is 13.6 Å². The van der Waals surface area contributed by atoms with Gasteiger partial charge in [0, 0.05) is 6.66 Å². The van der Waals surface area contributed by atoms with Crippen LogP contribution in [0.4, 0.5) is 0 Å². The summed E-state index contributed by atoms with van der Waals surface area (Å²) >= 11 is 0. The van der Waals surface area contributed by atoms with Gasteiger partial charge in [-0.1, -0.05) is 96.8 Å². The van der Waals surface area contributed by atoms with Gasteiger partial charge >= 0.3 is 7.60 Å². The topological polar surface area (TPSA) is 35.5 Å². The average Bonchev–Trinajstić information content (AvgIpc) is 2.59. The average molecular weight is 419 g/mol. The molecule has 1 saturated heterocycles. The quantitative estimate of drug-likeness (QED) is 0.161. The summed E-state index contributed by atoms with van der Waals surface area (Å²) in [6, 6.07) is 0. The minimum absolute atomic E-state index is 0.0588. The third-order valence-electron chi connectivity index (χ3n) is 5.94. The summed E-state index contributed by atoms with van der Waals surface area (Å²) in [5.74, 6) is 0. The first kappa shape index (κ1) is 26.1. The molecule has 0 radical (unpaired) electrons. The van der Waals surface area contributed by atoms with Crippen molar-refractivity contribution in [1.82, 2.24) is 0 Å². The van der Waals surface area contributed by atoms with Crippen LogP contribution in [-0.4, -0.2) is 51.0 Å². The van der Waals surface area contributed by atoms with Gasteiger partial charge in [0.1, 0.15) is 25.8 Å². The Morgan fingerprint density at radius 2 is 1.29 bits per heavy atom. The second-order valence-electron chi connectivity index (χ2n) is 9.56. The summed E-state index contributed by atoms with van der Waals surface area (Å²) < 4.78 is 24.5. The van der Waals surface area contributed by atoms with Crippen molar-refractivity contribution in [3.63, 3.8) is 0 Å². The van der Waals surface area contributed by atoms with E-state index in [9.17, 15) is 4.57 Å². The van der Waals surface area contributed by atoms with Gasteiger partial charge in [-0.2, -0.15) is 0 Å². The van der Waals surface area contributed by atoms with Crippen molar-refractivity contribution in [3.8, 4) is 0 Å². The zero-order valence-electron chi connectivity index (χ0n) is 19.4. The molecule has 168 valence electrons. The van der Waals surface area contributed by atoms with Gasteiger partial charge in [-0.25, -0.2) is 0 Å². The Morgan fingerprint density at radius 3 is 1.79 bits per heavy atom. The maximum Gasteiger partial charge on any atom is 0.328 e. The molecule has 4 nitrogen and oxygen atoms in total. The molecule has 0 aliphatic carbocycles. The van der Waals surface area contributed by atoms with Crippen LogP contribution in [0.25, 0.3) is 0 Å². The Balaban J connectivity index is 1.99. The summed E-state index contributed by atoms with van der Waals surface area (Å²) in [6.45, 7) is 6.25. The molecule has 0 aromatic carbocycles. The van der Waals surface area contributed by atoms with Gasteiger partial charge < -0.3 is 9.01 Å². The van der Waals surface area contributed by atoms with Gasteiger partial charge in [0.25, 0.3) is 0 Å². The van der Waals surface area contributed by atoms with Crippen molar-refractivity contribution in [3.05, 3.63) is 0 Å². The highest BCUT2D eigenvalue weighted by atomic mass is 31.2. The van der Waals surface area contributed by atoms with E-state index in [0.717, 1.165) is 24.0 Å². The lowest BCUT2D eigenvalue weighted by Gasteiger charge is -2.36. The van der Waals surface area contributed by atoms with E-state index in [4.69, 9.17) is 9.05 Å². The minimum Gasteiger partial charge on any atom is -0.324 e. The van der Waals surface area contributed by atoms with Crippen LogP contribution in [0.15, 0.2) is 0 Å². The normalized spacial score (nSPS) is 25.4. The predicted molar refractivity (Wildman–Crippen MR) is 121 cm³/mol. The van der Waals surface area contributed by atoms with Crippen molar-refractivity contribution in [2.24, 2.45) is 0 Å². The highest BCUT2D eigenvalue weighted by molar-refractivity contribution is 7.53. The minimum atomic E-state index is -2.87. The standard InChI is InChI=1S/C23H49NO3P/c1-5-6-7-8-9-10-11-12-13-14-15-16-17-18-19-23-22-24(2,3)20-21-26-28(4,25)27-23/h23H,5-22H2,1-4H3/q+1/t23?,28-/m1/s1. The van der Waals surface area contributed by atoms with Gasteiger partial charge in [0.15, 0.2) is 0 Å². The summed E-state index contributed by atoms with van der Waals surface area (Å²) in [6.07, 6.45) is 20.3. The highest BCUT2D eigenvalue weighted by Gasteiger charge is 2.32. The molecule has 0 N–H and O–H groups in total. The van der Waals surface area contributed by atoms with Gasteiger partial charge in [-0.05, 0) is 6.42 Å². The largest absolute Gasteiger partial charge is 0.328 e. The van der Waals surface area contributed by atoms with Gasteiger partial charge in [0.05, 0.1) is 14.1 Å². The van der Waals surface area contributed by atoms with E-state index in [-0.39, 0.29) is 6.10 Å². The first-order valence-electron chi connectivity index (χ1n) is 12.1. The fourth-order valence-electron chi connectivity index (χ4n) is 4.14. The molecule has 1 aliphatic rings. The zero-order chi connectivity index (χ0) is 20.7. The first-order valence-corrected chi connectivity index (χ1v) is 14.1. The van der Waals surface area contributed by atoms with E-state index < -0.39 is 7.60 Å². The molecule has 2 atom stereocenters. The Hall–Kier alpha value is 0.110. The molecule has 1 aliphatic heterocycles. The summed E-state index contributed by atoms with van der Waals surface area (Å²) in [5, 5.41) is 0. The molecule has 28 heavy (non-hydrogen) atoms. The lowest BCUT2D eigenvalue weighted by atomic mass is 10.0. The van der Waals surface area contributed by atoms with Crippen molar-refractivity contribution in [2.75, 3.05) is 40.5 Å². The fourth-order valence-corrected chi connectivity index (χ4v) is 5.33. The molecule has 0 spiro atoms. The molecule has 1 fully saturated rings. The summed E-state index contributed by atoms with van der Waals surface area (Å²) in [7, 11) is 1.54. The molecule has 0 saturated carbocycles. The molecular formula is C23H49NO3P+. The third-order valence-corrected chi connectivity index (χ3v) is 7.27. The lowest BCUT2D eigenvalue weighted by Crippen LogP contribution is -2.48. The number of nitrogens with zero attached hydrogens (tertiary/aromatic N) is 1. The van der Waals surface area contributed by atoms with Gasteiger partial charge in [0.2, 0.25) is 0 Å². The van der Waals surface area contributed by atoms with E-state index in [1.54, 1.807) is 6.66 Å². The number of hydrogen-bond acceptors (Lipinski definition) is 3. The van der Waals surface area contributed by atoms with Crippen LogP contribution in [0, 0.1) is 0 Å². The van der Waals surface area contributed by atoms with Crippen LogP contribution in [0.3, 0.4) is 0 Å². The van der Waals surface area contributed by atoms with Crippen molar-refractivity contribution < 1.29 is 18.1 Å². The van der Waals surface area contributed by atoms with Gasteiger partial charge in [-0.3, -0.25) is 9.09 Å². The molecule has 1 rings (SSSR count). The number of quaternary nitrogens is 1. The van der Waals surface area contributed by atoms with Crippen molar-refractivity contribution in [2.45, 2.75) is 109 Å². The second kappa shape index (κ2) is 15.0. The zero-order valence-corrected chi connectivity index (χ0v) is 20.3. The summed E-state index contributed by atoms with van der Waals surface area (Å²) in [5.41, 5.74) is 0. The summed E-state index contributed by atoms with van der Waals surface area (Å²) in [4.78, 5) is 0. The molecule has 1 unspecified atom stereocenters. The van der Waals surface area contributed by atoms with E-state index in [0.29, 0.717) is 6.61 Å². The van der Waals surface area contributed by atoms with Gasteiger partial charge in [-0.15, -0.1) is 0 Å². The number of rotatable bonds is 15. The van der Waals surface area contributed by atoms with E-state index >= 15 is 0 Å². The fraction of sp³-hybridized carbons (Fsp3) is 1.00. The van der Waals surface area contributed by atoms with Crippen LogP contribution >= 0.6 is 7.60 Å². The van der Waals surface area contributed by atoms with Crippen LogP contribution < -0.4 is 0 Å². The Morgan fingerprint density at radius 1 is 0.821 bits per heavy atom. The number of unbranched alkanes of at least 4 members (excludes halogenated alkanes) is 13. The second-order valence-corrected chi connectivity index (χ2v) is 11.6. The maximum absolute atomic E-state index is 12.3. The van der Waals surface area contributed by atoms with E-state index in [1.165, 1.54) is 89.9 Å². The van der Waals surface area contributed by atoms with Crippen LogP contribution in [0.5, 0.6) is 0 Å². The predicted octanol–water partition coefficient (Wildman–Crippen LogP) is 7.17. The Bertz CT molecular complexity index is 428. The van der Waals surface area contributed by atoms with E-state index in [2.05, 4.69) is 21.0 Å². The van der Waals surface area contributed by atoms with Crippen LogP contribution in [0.1, 0.15) is 103 Å². The number of likely N-dealkylation sites (N-methyl/N-ethyl adjacent to an activating group) is 1. The highest BCUT2D eigenvalue weighted by Crippen LogP contribution is 2.46. The SMILES string of the molecule is CCCCCCCCCCCCCCCCC1C[N+](C)(C)CCO[P@@](C)(=O)O1. The third kappa shape index (κ3) is 14.1. The van der Waals surface area contributed by atoms with E-state index in [1.807, 2.05) is 0 Å². The van der Waals surface area contributed by atoms with Crippen molar-refractivity contribution in [1.29, 1.82) is 0 Å². The molecule has 0 aromatic rings. The Kier molecular flexibility index (Phi) is 14.0. The molecule has 0 bridgehead atoms.